The number of rotatable bonds is 8. The van der Waals surface area contributed by atoms with Crippen LogP contribution in [0.3, 0.4) is 0 Å². The molecule has 1 amide bonds. The number of alkyl halides is 2. The topological polar surface area (TPSA) is 84.9 Å². The lowest BCUT2D eigenvalue weighted by atomic mass is 10.0. The van der Waals surface area contributed by atoms with Crippen molar-refractivity contribution >= 4 is 12.4 Å². The van der Waals surface area contributed by atoms with Gasteiger partial charge in [0, 0.05) is 0 Å². The molecule has 2 atom stereocenters. The van der Waals surface area contributed by atoms with Crippen molar-refractivity contribution in [1.82, 2.24) is 5.32 Å². The van der Waals surface area contributed by atoms with E-state index in [1.807, 2.05) is 0 Å². The summed E-state index contributed by atoms with van der Waals surface area (Å²) in [5.41, 5.74) is 0.240. The van der Waals surface area contributed by atoms with Crippen LogP contribution in [0.2, 0.25) is 0 Å². The SMILES string of the molecule is CCOC(=O)C(NC=O)C(O)c1ccc(OC(F)F)cc1. The summed E-state index contributed by atoms with van der Waals surface area (Å²) in [6.45, 7) is -1.28. The molecule has 2 unspecified atom stereocenters. The maximum Gasteiger partial charge on any atom is 0.387 e. The third-order valence-corrected chi connectivity index (χ3v) is 2.55. The van der Waals surface area contributed by atoms with Gasteiger partial charge in [0.15, 0.2) is 6.04 Å². The van der Waals surface area contributed by atoms with Crippen LogP contribution in [0, 0.1) is 0 Å². The minimum absolute atomic E-state index is 0.0861. The third-order valence-electron chi connectivity index (χ3n) is 2.55. The van der Waals surface area contributed by atoms with Crippen molar-refractivity contribution in [3.63, 3.8) is 0 Å². The smallest absolute Gasteiger partial charge is 0.387 e. The van der Waals surface area contributed by atoms with Gasteiger partial charge in [-0.05, 0) is 24.6 Å². The monoisotopic (exact) mass is 303 g/mol. The molecule has 0 saturated carbocycles. The highest BCUT2D eigenvalue weighted by atomic mass is 19.3. The van der Waals surface area contributed by atoms with Crippen molar-refractivity contribution in [3.8, 4) is 5.75 Å². The molecular weight excluding hydrogens is 288 g/mol. The Kier molecular flexibility index (Phi) is 6.54. The van der Waals surface area contributed by atoms with Gasteiger partial charge in [-0.25, -0.2) is 4.79 Å². The Morgan fingerprint density at radius 1 is 1.38 bits per heavy atom. The first-order valence-corrected chi connectivity index (χ1v) is 6.08. The summed E-state index contributed by atoms with van der Waals surface area (Å²) in [6.07, 6.45) is -1.12. The molecule has 1 aromatic carbocycles. The number of carbonyl (C=O) groups excluding carboxylic acids is 2. The normalized spacial score (nSPS) is 13.4. The predicted molar refractivity (Wildman–Crippen MR) is 67.7 cm³/mol. The third kappa shape index (κ3) is 4.99. The number of amides is 1. The molecule has 1 aromatic rings. The Bertz CT molecular complexity index is 466. The first kappa shape index (κ1) is 16.8. The Morgan fingerprint density at radius 2 is 2.00 bits per heavy atom. The fraction of sp³-hybridized carbons (Fsp3) is 0.385. The largest absolute Gasteiger partial charge is 0.464 e. The van der Waals surface area contributed by atoms with E-state index < -0.39 is 24.7 Å². The fourth-order valence-electron chi connectivity index (χ4n) is 1.63. The van der Waals surface area contributed by atoms with Crippen LogP contribution in [0.4, 0.5) is 8.78 Å². The summed E-state index contributed by atoms with van der Waals surface area (Å²) >= 11 is 0. The van der Waals surface area contributed by atoms with Crippen LogP contribution in [0.15, 0.2) is 24.3 Å². The lowest BCUT2D eigenvalue weighted by Crippen LogP contribution is -2.42. The molecular formula is C13H15F2NO5. The molecule has 0 bridgehead atoms. The molecule has 0 aromatic heterocycles. The van der Waals surface area contributed by atoms with Crippen molar-refractivity contribution in [1.29, 1.82) is 0 Å². The number of halogens is 2. The molecule has 0 fully saturated rings. The average molecular weight is 303 g/mol. The number of carbonyl (C=O) groups is 2. The maximum absolute atomic E-state index is 12.0. The van der Waals surface area contributed by atoms with E-state index in [2.05, 4.69) is 10.1 Å². The lowest BCUT2D eigenvalue weighted by Gasteiger charge is -2.21. The Labute approximate surface area is 119 Å². The van der Waals surface area contributed by atoms with E-state index in [0.717, 1.165) is 0 Å². The predicted octanol–water partition coefficient (Wildman–Crippen LogP) is 0.999. The first-order valence-electron chi connectivity index (χ1n) is 6.08. The minimum atomic E-state index is -2.95. The minimum Gasteiger partial charge on any atom is -0.464 e. The maximum atomic E-state index is 12.0. The van der Waals surface area contributed by atoms with Crippen LogP contribution in [0.25, 0.3) is 0 Å². The number of hydrogen-bond acceptors (Lipinski definition) is 5. The van der Waals surface area contributed by atoms with Gasteiger partial charge in [0.2, 0.25) is 6.41 Å². The van der Waals surface area contributed by atoms with Gasteiger partial charge in [0.25, 0.3) is 0 Å². The molecule has 0 spiro atoms. The summed E-state index contributed by atoms with van der Waals surface area (Å²) in [5.74, 6) is -0.887. The standard InChI is InChI=1S/C13H15F2NO5/c1-2-20-12(19)10(16-7-17)11(18)8-3-5-9(6-4-8)21-13(14)15/h3-7,10-11,13,18H,2H2,1H3,(H,16,17). The lowest BCUT2D eigenvalue weighted by molar-refractivity contribution is -0.149. The molecule has 0 saturated heterocycles. The Hall–Kier alpha value is -2.22. The zero-order valence-electron chi connectivity index (χ0n) is 11.2. The number of nitrogens with one attached hydrogen (secondary N) is 1. The average Bonchev–Trinajstić information content (AvgIpc) is 2.44. The van der Waals surface area contributed by atoms with Crippen LogP contribution in [-0.2, 0) is 14.3 Å². The number of esters is 1. The van der Waals surface area contributed by atoms with Crippen LogP contribution in [-0.4, -0.2) is 36.7 Å². The van der Waals surface area contributed by atoms with Gasteiger partial charge in [0.05, 0.1) is 6.61 Å². The van der Waals surface area contributed by atoms with Crippen molar-refractivity contribution in [2.75, 3.05) is 6.61 Å². The van der Waals surface area contributed by atoms with Gasteiger partial charge in [-0.2, -0.15) is 8.78 Å². The van der Waals surface area contributed by atoms with E-state index in [-0.39, 0.29) is 24.3 Å². The van der Waals surface area contributed by atoms with Gasteiger partial charge in [-0.3, -0.25) is 4.79 Å². The Balaban J connectivity index is 2.85. The van der Waals surface area contributed by atoms with Gasteiger partial charge >= 0.3 is 12.6 Å². The van der Waals surface area contributed by atoms with Gasteiger partial charge < -0.3 is 19.9 Å². The summed E-state index contributed by atoms with van der Waals surface area (Å²) in [4.78, 5) is 22.1. The molecule has 0 radical (unpaired) electrons. The van der Waals surface area contributed by atoms with Crippen molar-refractivity contribution in [3.05, 3.63) is 29.8 Å². The van der Waals surface area contributed by atoms with E-state index in [1.54, 1.807) is 6.92 Å². The second kappa shape index (κ2) is 8.15. The molecule has 2 N–H and O–H groups in total. The molecule has 0 aliphatic carbocycles. The van der Waals surface area contributed by atoms with E-state index in [0.29, 0.717) is 0 Å². The second-order valence-corrected chi connectivity index (χ2v) is 3.91. The molecule has 1 rings (SSSR count). The quantitative estimate of drug-likeness (QED) is 0.553. The number of ether oxygens (including phenoxy) is 2. The number of benzene rings is 1. The summed E-state index contributed by atoms with van der Waals surface area (Å²) in [7, 11) is 0. The Morgan fingerprint density at radius 3 is 2.48 bits per heavy atom. The van der Waals surface area contributed by atoms with E-state index in [9.17, 15) is 23.5 Å². The van der Waals surface area contributed by atoms with Crippen LogP contribution in [0.1, 0.15) is 18.6 Å². The highest BCUT2D eigenvalue weighted by Crippen LogP contribution is 2.22. The van der Waals surface area contributed by atoms with Gasteiger partial charge in [-0.15, -0.1) is 0 Å². The van der Waals surface area contributed by atoms with Gasteiger partial charge in [-0.1, -0.05) is 12.1 Å². The van der Waals surface area contributed by atoms with Crippen molar-refractivity contribution < 1.29 is 33.0 Å². The van der Waals surface area contributed by atoms with Crippen molar-refractivity contribution in [2.45, 2.75) is 25.7 Å². The molecule has 0 aliphatic rings. The number of aliphatic hydroxyl groups is 1. The summed E-state index contributed by atoms with van der Waals surface area (Å²) < 4.78 is 32.9. The molecule has 0 heterocycles. The van der Waals surface area contributed by atoms with E-state index in [1.165, 1.54) is 24.3 Å². The molecule has 8 heteroatoms. The van der Waals surface area contributed by atoms with E-state index >= 15 is 0 Å². The molecule has 21 heavy (non-hydrogen) atoms. The summed E-state index contributed by atoms with van der Waals surface area (Å²) in [6, 6.07) is 3.76. The van der Waals surface area contributed by atoms with Crippen LogP contribution < -0.4 is 10.1 Å². The van der Waals surface area contributed by atoms with Crippen LogP contribution in [0.5, 0.6) is 5.75 Å². The zero-order valence-corrected chi connectivity index (χ0v) is 11.2. The molecule has 116 valence electrons. The zero-order chi connectivity index (χ0) is 15.8. The van der Waals surface area contributed by atoms with Crippen molar-refractivity contribution in [2.24, 2.45) is 0 Å². The van der Waals surface area contributed by atoms with Crippen LogP contribution >= 0.6 is 0 Å². The second-order valence-electron chi connectivity index (χ2n) is 3.91. The first-order chi connectivity index (χ1) is 9.99. The highest BCUT2D eigenvalue weighted by Gasteiger charge is 2.28. The van der Waals surface area contributed by atoms with E-state index in [4.69, 9.17) is 4.74 Å². The summed E-state index contributed by atoms with van der Waals surface area (Å²) in [5, 5.41) is 12.2. The fourth-order valence-corrected chi connectivity index (χ4v) is 1.63. The van der Waals surface area contributed by atoms with Gasteiger partial charge in [0.1, 0.15) is 11.9 Å². The number of aliphatic hydroxyl groups excluding tert-OH is 1. The molecule has 6 nitrogen and oxygen atoms in total. The highest BCUT2D eigenvalue weighted by molar-refractivity contribution is 5.79. The number of hydrogen-bond donors (Lipinski definition) is 2. The molecule has 0 aliphatic heterocycles.